The number of para-hydroxylation sites is 1. The molecule has 9 heteroatoms. The largest absolute Gasteiger partial charge is 1.00 e. The van der Waals surface area contributed by atoms with E-state index in [1.807, 2.05) is 66.9 Å². The van der Waals surface area contributed by atoms with Crippen molar-refractivity contribution in [3.63, 3.8) is 0 Å². The number of rotatable bonds is 11. The minimum atomic E-state index is -1.23. The molecule has 0 aliphatic heterocycles. The smallest absolute Gasteiger partial charge is 1.00 e. The summed E-state index contributed by atoms with van der Waals surface area (Å²) < 4.78 is 15.9. The van der Waals surface area contributed by atoms with Crippen LogP contribution in [0, 0.1) is 5.82 Å². The molecule has 1 aromatic heterocycles. The SMILES string of the molecule is CC(C)n1c(C=C[C@H](O)C[C@@H](O)CC(=O)O)c(-c2ccc(F)cc2)c(-c2ccccc2)c1C(=O)Nc1ccccc1.[H-].[Na+]. The van der Waals surface area contributed by atoms with Crippen LogP contribution in [-0.4, -0.2) is 44.0 Å². The molecule has 0 saturated heterocycles. The Balaban J connectivity index is 0.00000323. The third-order valence-electron chi connectivity index (χ3n) is 6.60. The maximum atomic E-state index is 14.0. The number of aliphatic carboxylic acids is 1. The maximum absolute atomic E-state index is 14.0. The number of benzene rings is 3. The van der Waals surface area contributed by atoms with Crippen LogP contribution >= 0.6 is 0 Å². The van der Waals surface area contributed by atoms with Crippen LogP contribution in [-0.2, 0) is 4.79 Å². The van der Waals surface area contributed by atoms with Gasteiger partial charge in [-0.3, -0.25) is 9.59 Å². The number of aliphatic hydroxyl groups excluding tert-OH is 2. The van der Waals surface area contributed by atoms with Gasteiger partial charge in [0, 0.05) is 35.0 Å². The number of anilines is 1. The number of nitrogens with zero attached hydrogens (tertiary/aromatic N) is 1. The van der Waals surface area contributed by atoms with Crippen LogP contribution in [0.15, 0.2) is 91.0 Å². The number of aromatic nitrogens is 1. The maximum Gasteiger partial charge on any atom is 1.00 e. The van der Waals surface area contributed by atoms with Crippen molar-refractivity contribution >= 4 is 23.6 Å². The molecular formula is C33H34FN2NaO5. The summed E-state index contributed by atoms with van der Waals surface area (Å²) >= 11 is 0. The van der Waals surface area contributed by atoms with Crippen LogP contribution in [0.1, 0.15) is 50.3 Å². The van der Waals surface area contributed by atoms with E-state index in [1.165, 1.54) is 18.2 Å². The molecule has 4 aromatic rings. The molecule has 1 amide bonds. The normalized spacial score (nSPS) is 12.6. The quantitative estimate of drug-likeness (QED) is 0.203. The second-order valence-corrected chi connectivity index (χ2v) is 10.1. The number of carboxylic acids is 1. The zero-order chi connectivity index (χ0) is 29.5. The number of aliphatic hydroxyl groups is 2. The van der Waals surface area contributed by atoms with Gasteiger partial charge in [-0.05, 0) is 55.3 Å². The first-order chi connectivity index (χ1) is 19.7. The van der Waals surface area contributed by atoms with Crippen molar-refractivity contribution in [2.24, 2.45) is 0 Å². The monoisotopic (exact) mass is 580 g/mol. The van der Waals surface area contributed by atoms with Gasteiger partial charge >= 0.3 is 35.5 Å². The molecule has 0 unspecified atom stereocenters. The van der Waals surface area contributed by atoms with Gasteiger partial charge < -0.3 is 26.6 Å². The average molecular weight is 581 g/mol. The van der Waals surface area contributed by atoms with Gasteiger partial charge in [0.05, 0.1) is 18.6 Å². The van der Waals surface area contributed by atoms with Crippen molar-refractivity contribution in [2.45, 2.75) is 44.9 Å². The molecule has 0 aliphatic carbocycles. The van der Waals surface area contributed by atoms with Gasteiger partial charge in [-0.1, -0.05) is 66.7 Å². The fraction of sp³-hybridized carbons (Fsp3) is 0.212. The van der Waals surface area contributed by atoms with Gasteiger partial charge in [0.25, 0.3) is 5.91 Å². The molecule has 4 N–H and O–H groups in total. The van der Waals surface area contributed by atoms with E-state index < -0.39 is 30.4 Å². The summed E-state index contributed by atoms with van der Waals surface area (Å²) in [4.78, 5) is 25.0. The summed E-state index contributed by atoms with van der Waals surface area (Å²) in [5.74, 6) is -1.91. The molecule has 4 rings (SSSR count). The Kier molecular flexibility index (Phi) is 11.8. The molecule has 1 heterocycles. The molecule has 214 valence electrons. The number of carboxylic acid groups (broad SMARTS) is 1. The minimum absolute atomic E-state index is 0. The summed E-state index contributed by atoms with van der Waals surface area (Å²) in [6, 6.07) is 24.3. The van der Waals surface area contributed by atoms with E-state index in [0.29, 0.717) is 33.8 Å². The molecule has 3 aromatic carbocycles. The van der Waals surface area contributed by atoms with Crippen LogP contribution in [0.5, 0.6) is 0 Å². The number of hydrogen-bond donors (Lipinski definition) is 4. The fourth-order valence-corrected chi connectivity index (χ4v) is 4.88. The first kappa shape index (κ1) is 33.0. The molecule has 0 bridgehead atoms. The Bertz CT molecular complexity index is 1530. The fourth-order valence-electron chi connectivity index (χ4n) is 4.88. The zero-order valence-corrected chi connectivity index (χ0v) is 25.9. The van der Waals surface area contributed by atoms with Crippen LogP contribution < -0.4 is 34.9 Å². The van der Waals surface area contributed by atoms with E-state index >= 15 is 0 Å². The van der Waals surface area contributed by atoms with Gasteiger partial charge in [0.1, 0.15) is 11.5 Å². The van der Waals surface area contributed by atoms with Crippen LogP contribution in [0.25, 0.3) is 28.3 Å². The third-order valence-corrected chi connectivity index (χ3v) is 6.60. The molecule has 0 fully saturated rings. The van der Waals surface area contributed by atoms with Gasteiger partial charge in [-0.2, -0.15) is 0 Å². The standard InChI is InChI=1S/C33H33FN2O5.Na.H/c1-21(2)36-28(18-17-26(37)19-27(38)20-29(39)40)30(23-13-15-24(34)16-14-23)31(22-9-5-3-6-10-22)32(36)33(41)35-25-11-7-4-8-12-25;;/h3-18,21,26-27,37-38H,19-20H2,1-2H3,(H,35,41)(H,39,40);;/q;+1;-1/t26-,27+;;/m0../s1. The number of halogens is 1. The Morgan fingerprint density at radius 2 is 1.48 bits per heavy atom. The minimum Gasteiger partial charge on any atom is -1.00 e. The van der Waals surface area contributed by atoms with Crippen molar-refractivity contribution in [3.8, 4) is 22.3 Å². The van der Waals surface area contributed by atoms with E-state index in [9.17, 15) is 24.2 Å². The number of carbonyl (C=O) groups excluding carboxylic acids is 1. The number of nitrogens with one attached hydrogen (secondary N) is 1. The van der Waals surface area contributed by atoms with E-state index in [2.05, 4.69) is 5.32 Å². The van der Waals surface area contributed by atoms with Crippen LogP contribution in [0.2, 0.25) is 0 Å². The molecule has 0 spiro atoms. The van der Waals surface area contributed by atoms with Gasteiger partial charge in [0.15, 0.2) is 0 Å². The molecule has 0 radical (unpaired) electrons. The van der Waals surface area contributed by atoms with Crippen molar-refractivity contribution in [1.82, 2.24) is 4.57 Å². The first-order valence-electron chi connectivity index (χ1n) is 13.4. The summed E-state index contributed by atoms with van der Waals surface area (Å²) in [6.45, 7) is 3.87. The first-order valence-corrected chi connectivity index (χ1v) is 13.4. The van der Waals surface area contributed by atoms with Crippen LogP contribution in [0.3, 0.4) is 0 Å². The summed E-state index contributed by atoms with van der Waals surface area (Å²) in [6.07, 6.45) is 0.0955. The summed E-state index contributed by atoms with van der Waals surface area (Å²) in [5.41, 5.74) is 4.34. The Morgan fingerprint density at radius 1 is 0.905 bits per heavy atom. The molecule has 7 nitrogen and oxygen atoms in total. The summed E-state index contributed by atoms with van der Waals surface area (Å²) in [7, 11) is 0. The zero-order valence-electron chi connectivity index (χ0n) is 24.9. The van der Waals surface area contributed by atoms with Crippen molar-refractivity contribution in [1.29, 1.82) is 0 Å². The Hall–Kier alpha value is -3.53. The second kappa shape index (κ2) is 15.1. The molecule has 2 atom stereocenters. The number of hydrogen-bond acceptors (Lipinski definition) is 4. The van der Waals surface area contributed by atoms with Crippen molar-refractivity contribution < 1.29 is 60.3 Å². The number of carbonyl (C=O) groups is 2. The van der Waals surface area contributed by atoms with Gasteiger partial charge in [-0.25, -0.2) is 4.39 Å². The predicted octanol–water partition coefficient (Wildman–Crippen LogP) is 3.51. The van der Waals surface area contributed by atoms with E-state index in [-0.39, 0.29) is 49.4 Å². The van der Waals surface area contributed by atoms with E-state index in [1.54, 1.807) is 30.3 Å². The second-order valence-electron chi connectivity index (χ2n) is 10.1. The molecule has 0 saturated carbocycles. The third kappa shape index (κ3) is 8.06. The Morgan fingerprint density at radius 3 is 2.05 bits per heavy atom. The van der Waals surface area contributed by atoms with E-state index in [0.717, 1.165) is 5.56 Å². The molecular weight excluding hydrogens is 546 g/mol. The van der Waals surface area contributed by atoms with E-state index in [4.69, 9.17) is 5.11 Å². The van der Waals surface area contributed by atoms with Crippen LogP contribution in [0.4, 0.5) is 10.1 Å². The topological polar surface area (TPSA) is 112 Å². The van der Waals surface area contributed by atoms with Gasteiger partial charge in [-0.15, -0.1) is 0 Å². The molecule has 0 aliphatic rings. The van der Waals surface area contributed by atoms with Gasteiger partial charge in [0.2, 0.25) is 0 Å². The number of amides is 1. The average Bonchev–Trinajstić information content (AvgIpc) is 3.28. The molecule has 42 heavy (non-hydrogen) atoms. The van der Waals surface area contributed by atoms with Crippen molar-refractivity contribution in [2.75, 3.05) is 5.32 Å². The van der Waals surface area contributed by atoms with Crippen molar-refractivity contribution in [3.05, 3.63) is 108 Å². The Labute approximate surface area is 268 Å². The summed E-state index contributed by atoms with van der Waals surface area (Å²) in [5, 5.41) is 32.6. The predicted molar refractivity (Wildman–Crippen MR) is 159 cm³/mol.